The van der Waals surface area contributed by atoms with Gasteiger partial charge in [-0.3, -0.25) is 4.79 Å². The Hall–Kier alpha value is -2.06. The summed E-state index contributed by atoms with van der Waals surface area (Å²) in [5, 5.41) is 11.2. The van der Waals surface area contributed by atoms with E-state index in [0.29, 0.717) is 24.6 Å². The average Bonchev–Trinajstić information content (AvgIpc) is 3.38. The molecule has 1 amide bonds. The highest BCUT2D eigenvalue weighted by atomic mass is 32.1. The van der Waals surface area contributed by atoms with Crippen molar-refractivity contribution in [3.63, 3.8) is 0 Å². The van der Waals surface area contributed by atoms with Gasteiger partial charge in [-0.2, -0.15) is 0 Å². The molecule has 3 aromatic rings. The first-order chi connectivity index (χ1) is 12.2. The third-order valence-electron chi connectivity index (χ3n) is 4.28. The zero-order valence-corrected chi connectivity index (χ0v) is 15.5. The fourth-order valence-electron chi connectivity index (χ4n) is 3.08. The van der Waals surface area contributed by atoms with Crippen molar-refractivity contribution in [2.24, 2.45) is 0 Å². The van der Waals surface area contributed by atoms with Crippen LogP contribution in [0.3, 0.4) is 0 Å². The second-order valence-corrected chi connectivity index (χ2v) is 8.24. The van der Waals surface area contributed by atoms with Gasteiger partial charge < -0.3 is 9.32 Å². The standard InChI is InChI=1S/C17H18N4O2S2/c1-11-4-5-13(25-11)16-20-19-14(23-16)6-7-15(22)21-9-2-3-12(21)17-18-8-10-24-17/h4-5,8,10,12H,2-3,6-7,9H2,1H3/t12-/m0/s1. The van der Waals surface area contributed by atoms with Gasteiger partial charge in [0.25, 0.3) is 5.89 Å². The number of hydrogen-bond acceptors (Lipinski definition) is 7. The van der Waals surface area contributed by atoms with Crippen LogP contribution in [0.1, 0.15) is 41.1 Å². The summed E-state index contributed by atoms with van der Waals surface area (Å²) in [6.45, 7) is 2.84. The van der Waals surface area contributed by atoms with Crippen LogP contribution in [0.2, 0.25) is 0 Å². The summed E-state index contributed by atoms with van der Waals surface area (Å²) in [7, 11) is 0. The van der Waals surface area contributed by atoms with Gasteiger partial charge in [-0.1, -0.05) is 0 Å². The Morgan fingerprint density at radius 3 is 3.08 bits per heavy atom. The molecule has 6 nitrogen and oxygen atoms in total. The average molecular weight is 374 g/mol. The van der Waals surface area contributed by atoms with Crippen molar-refractivity contribution >= 4 is 28.6 Å². The van der Waals surface area contributed by atoms with Crippen molar-refractivity contribution in [1.82, 2.24) is 20.1 Å². The van der Waals surface area contributed by atoms with E-state index in [1.165, 1.54) is 4.88 Å². The Morgan fingerprint density at radius 2 is 2.32 bits per heavy atom. The summed E-state index contributed by atoms with van der Waals surface area (Å²) in [6, 6.07) is 4.13. The van der Waals surface area contributed by atoms with E-state index >= 15 is 0 Å². The Labute approximate surface area is 153 Å². The monoisotopic (exact) mass is 374 g/mol. The molecule has 1 atom stereocenters. The number of thiazole rings is 1. The van der Waals surface area contributed by atoms with Crippen LogP contribution in [0, 0.1) is 6.92 Å². The van der Waals surface area contributed by atoms with E-state index in [1.807, 2.05) is 29.3 Å². The molecule has 0 unspecified atom stereocenters. The van der Waals surface area contributed by atoms with Gasteiger partial charge in [-0.05, 0) is 31.9 Å². The number of thiophene rings is 1. The van der Waals surface area contributed by atoms with Crippen molar-refractivity contribution in [3.8, 4) is 10.8 Å². The SMILES string of the molecule is Cc1ccc(-c2nnc(CCC(=O)N3CCC[C@H]3c3nccs3)o2)s1. The van der Waals surface area contributed by atoms with Crippen LogP contribution in [0.25, 0.3) is 10.8 Å². The molecule has 0 aliphatic carbocycles. The van der Waals surface area contributed by atoms with Gasteiger partial charge in [0.15, 0.2) is 0 Å². The number of likely N-dealkylation sites (tertiary alicyclic amines) is 1. The lowest BCUT2D eigenvalue weighted by molar-refractivity contribution is -0.132. The Morgan fingerprint density at radius 1 is 1.40 bits per heavy atom. The molecule has 1 aliphatic rings. The molecule has 4 heterocycles. The lowest BCUT2D eigenvalue weighted by atomic mass is 10.2. The van der Waals surface area contributed by atoms with Gasteiger partial charge in [0.05, 0.1) is 10.9 Å². The topological polar surface area (TPSA) is 72.1 Å². The number of aryl methyl sites for hydroxylation is 2. The Bertz CT molecular complexity index is 856. The number of carbonyl (C=O) groups is 1. The summed E-state index contributed by atoms with van der Waals surface area (Å²) in [6.07, 6.45) is 4.66. The summed E-state index contributed by atoms with van der Waals surface area (Å²) < 4.78 is 5.70. The van der Waals surface area contributed by atoms with E-state index in [9.17, 15) is 4.79 Å². The fourth-order valence-corrected chi connectivity index (χ4v) is 4.66. The van der Waals surface area contributed by atoms with E-state index in [1.54, 1.807) is 28.9 Å². The third kappa shape index (κ3) is 3.50. The highest BCUT2D eigenvalue weighted by Crippen LogP contribution is 2.33. The molecular weight excluding hydrogens is 356 g/mol. The number of hydrogen-bond donors (Lipinski definition) is 0. The van der Waals surface area contributed by atoms with Gasteiger partial charge in [-0.15, -0.1) is 32.9 Å². The molecule has 1 fully saturated rings. The number of amides is 1. The van der Waals surface area contributed by atoms with E-state index < -0.39 is 0 Å². The minimum atomic E-state index is 0.125. The van der Waals surface area contributed by atoms with Gasteiger partial charge in [0.1, 0.15) is 5.01 Å². The summed E-state index contributed by atoms with van der Waals surface area (Å²) in [5.41, 5.74) is 0. The highest BCUT2D eigenvalue weighted by molar-refractivity contribution is 7.15. The molecule has 8 heteroatoms. The second-order valence-electron chi connectivity index (χ2n) is 6.03. The van der Waals surface area contributed by atoms with Gasteiger partial charge in [0, 0.05) is 35.8 Å². The van der Waals surface area contributed by atoms with E-state index in [4.69, 9.17) is 4.42 Å². The summed E-state index contributed by atoms with van der Waals surface area (Å²) in [4.78, 5) is 21.1. The molecule has 1 aliphatic heterocycles. The molecule has 0 aromatic carbocycles. The molecule has 3 aromatic heterocycles. The maximum absolute atomic E-state index is 12.6. The Kier molecular flexibility index (Phi) is 4.63. The second kappa shape index (κ2) is 7.05. The lowest BCUT2D eigenvalue weighted by Gasteiger charge is -2.22. The van der Waals surface area contributed by atoms with Crippen LogP contribution in [-0.4, -0.2) is 32.5 Å². The van der Waals surface area contributed by atoms with Gasteiger partial charge in [-0.25, -0.2) is 4.98 Å². The summed E-state index contributed by atoms with van der Waals surface area (Å²) in [5.74, 6) is 1.17. The number of rotatable bonds is 5. The molecule has 0 bridgehead atoms. The van der Waals surface area contributed by atoms with Crippen molar-refractivity contribution in [1.29, 1.82) is 0 Å². The lowest BCUT2D eigenvalue weighted by Crippen LogP contribution is -2.30. The number of aromatic nitrogens is 3. The van der Waals surface area contributed by atoms with Crippen LogP contribution < -0.4 is 0 Å². The molecule has 0 spiro atoms. The van der Waals surface area contributed by atoms with Crippen molar-refractivity contribution < 1.29 is 9.21 Å². The van der Waals surface area contributed by atoms with E-state index in [2.05, 4.69) is 15.2 Å². The van der Waals surface area contributed by atoms with Gasteiger partial charge in [0.2, 0.25) is 11.8 Å². The highest BCUT2D eigenvalue weighted by Gasteiger charge is 2.31. The van der Waals surface area contributed by atoms with Crippen molar-refractivity contribution in [2.75, 3.05) is 6.54 Å². The first kappa shape index (κ1) is 16.4. The third-order valence-corrected chi connectivity index (χ3v) is 6.15. The fraction of sp³-hybridized carbons (Fsp3) is 0.412. The number of nitrogens with zero attached hydrogens (tertiary/aromatic N) is 4. The van der Waals surface area contributed by atoms with Gasteiger partial charge >= 0.3 is 0 Å². The predicted molar refractivity (Wildman–Crippen MR) is 96.5 cm³/mol. The molecule has 0 N–H and O–H groups in total. The normalized spacial score (nSPS) is 17.3. The van der Waals surface area contributed by atoms with Crippen LogP contribution in [0.15, 0.2) is 28.1 Å². The minimum Gasteiger partial charge on any atom is -0.420 e. The number of carbonyl (C=O) groups excluding carboxylic acids is 1. The largest absolute Gasteiger partial charge is 0.420 e. The maximum atomic E-state index is 12.6. The molecule has 0 radical (unpaired) electrons. The molecule has 130 valence electrons. The van der Waals surface area contributed by atoms with Crippen LogP contribution in [-0.2, 0) is 11.2 Å². The first-order valence-electron chi connectivity index (χ1n) is 8.29. The predicted octanol–water partition coefficient (Wildman–Crippen LogP) is 3.86. The van der Waals surface area contributed by atoms with Crippen molar-refractivity contribution in [3.05, 3.63) is 39.5 Å². The van der Waals surface area contributed by atoms with E-state index in [-0.39, 0.29) is 11.9 Å². The smallest absolute Gasteiger partial charge is 0.257 e. The first-order valence-corrected chi connectivity index (χ1v) is 9.98. The maximum Gasteiger partial charge on any atom is 0.257 e. The molecule has 0 saturated carbocycles. The Balaban J connectivity index is 1.38. The zero-order chi connectivity index (χ0) is 17.2. The molecule has 25 heavy (non-hydrogen) atoms. The van der Waals surface area contributed by atoms with Crippen molar-refractivity contribution in [2.45, 2.75) is 38.6 Å². The summed E-state index contributed by atoms with van der Waals surface area (Å²) >= 11 is 3.23. The van der Waals surface area contributed by atoms with Crippen LogP contribution in [0.5, 0.6) is 0 Å². The van der Waals surface area contributed by atoms with Crippen LogP contribution in [0.4, 0.5) is 0 Å². The molecule has 1 saturated heterocycles. The van der Waals surface area contributed by atoms with Crippen LogP contribution >= 0.6 is 22.7 Å². The quantitative estimate of drug-likeness (QED) is 0.678. The molecular formula is C17H18N4O2S2. The minimum absolute atomic E-state index is 0.125. The molecule has 4 rings (SSSR count). The zero-order valence-electron chi connectivity index (χ0n) is 13.8. The van der Waals surface area contributed by atoms with E-state index in [0.717, 1.165) is 29.3 Å².